The summed E-state index contributed by atoms with van der Waals surface area (Å²) >= 11 is 0. The second kappa shape index (κ2) is 7.68. The highest BCUT2D eigenvalue weighted by atomic mass is 19.1. The lowest BCUT2D eigenvalue weighted by Crippen LogP contribution is -2.18. The van der Waals surface area contributed by atoms with Crippen molar-refractivity contribution in [3.8, 4) is 0 Å². The molecule has 0 aliphatic rings. The summed E-state index contributed by atoms with van der Waals surface area (Å²) < 4.78 is 46.4. The minimum absolute atomic E-state index is 0.00347. The molecule has 138 valence electrons. The first-order valence-corrected chi connectivity index (χ1v) is 7.56. The van der Waals surface area contributed by atoms with Crippen LogP contribution < -0.4 is 11.3 Å². The Morgan fingerprint density at radius 2 is 2.00 bits per heavy atom. The van der Waals surface area contributed by atoms with Crippen molar-refractivity contribution in [3.05, 3.63) is 87.7 Å². The van der Waals surface area contributed by atoms with Gasteiger partial charge in [0.25, 0.3) is 5.56 Å². The van der Waals surface area contributed by atoms with E-state index < -0.39 is 28.7 Å². The van der Waals surface area contributed by atoms with E-state index in [-0.39, 0.29) is 29.3 Å². The van der Waals surface area contributed by atoms with Crippen LogP contribution in [0.15, 0.2) is 62.9 Å². The van der Waals surface area contributed by atoms with Crippen LogP contribution in [-0.2, 0) is 6.54 Å². The zero-order chi connectivity index (χ0) is 19.4. The van der Waals surface area contributed by atoms with Crippen molar-refractivity contribution >= 4 is 11.4 Å². The Hall–Kier alpha value is -3.69. The fourth-order valence-corrected chi connectivity index (χ4v) is 2.14. The first-order chi connectivity index (χ1) is 13.0. The number of aliphatic imine (C=N–C) groups is 1. The van der Waals surface area contributed by atoms with Crippen molar-refractivity contribution < 1.29 is 17.7 Å². The molecule has 2 heterocycles. The average molecular weight is 375 g/mol. The summed E-state index contributed by atoms with van der Waals surface area (Å²) in [5, 5.41) is 3.60. The maximum absolute atomic E-state index is 14.9. The molecule has 0 atom stereocenters. The van der Waals surface area contributed by atoms with Crippen LogP contribution >= 0.6 is 0 Å². The number of rotatable bonds is 5. The van der Waals surface area contributed by atoms with Crippen molar-refractivity contribution in [1.29, 1.82) is 0 Å². The number of nitrogens with zero attached hydrogens (tertiary/aromatic N) is 3. The monoisotopic (exact) mass is 375 g/mol. The lowest BCUT2D eigenvalue weighted by molar-refractivity contribution is 0.418. The molecule has 0 aliphatic heterocycles. The highest BCUT2D eigenvalue weighted by Gasteiger charge is 2.19. The first kappa shape index (κ1) is 18.1. The summed E-state index contributed by atoms with van der Waals surface area (Å²) in [7, 11) is 0. The fraction of sp³-hybridized carbons (Fsp3) is 0.0588. The normalized spacial score (nSPS) is 12.8. The van der Waals surface area contributed by atoms with Gasteiger partial charge >= 0.3 is 0 Å². The Balaban J connectivity index is 2.04. The van der Waals surface area contributed by atoms with E-state index in [1.807, 2.05) is 4.98 Å². The molecule has 2 aromatic heterocycles. The zero-order valence-electron chi connectivity index (χ0n) is 13.6. The van der Waals surface area contributed by atoms with Gasteiger partial charge in [-0.3, -0.25) is 9.79 Å². The lowest BCUT2D eigenvalue weighted by atomic mass is 10.1. The molecule has 3 rings (SSSR count). The van der Waals surface area contributed by atoms with E-state index in [4.69, 9.17) is 5.73 Å². The Morgan fingerprint density at radius 1 is 1.22 bits per heavy atom. The molecule has 0 saturated heterocycles. The predicted octanol–water partition coefficient (Wildman–Crippen LogP) is 2.32. The topological polar surface area (TPSA) is 110 Å². The van der Waals surface area contributed by atoms with Gasteiger partial charge in [-0.05, 0) is 6.07 Å². The van der Waals surface area contributed by atoms with E-state index in [1.165, 1.54) is 30.5 Å². The van der Waals surface area contributed by atoms with Crippen LogP contribution in [0.4, 0.5) is 13.2 Å². The van der Waals surface area contributed by atoms with Crippen molar-refractivity contribution in [3.63, 3.8) is 0 Å². The molecule has 0 saturated carbocycles. The highest BCUT2D eigenvalue weighted by molar-refractivity contribution is 6.13. The van der Waals surface area contributed by atoms with Crippen LogP contribution in [0.25, 0.3) is 5.70 Å². The van der Waals surface area contributed by atoms with Crippen molar-refractivity contribution in [1.82, 2.24) is 15.1 Å². The Labute approximate surface area is 150 Å². The van der Waals surface area contributed by atoms with E-state index in [9.17, 15) is 18.0 Å². The number of nitrogens with one attached hydrogen (secondary N) is 1. The maximum Gasteiger partial charge on any atom is 0.287 e. The van der Waals surface area contributed by atoms with E-state index in [0.29, 0.717) is 6.20 Å². The minimum atomic E-state index is -1.14. The smallest absolute Gasteiger partial charge is 0.287 e. The average Bonchev–Trinajstić information content (AvgIpc) is 3.19. The Morgan fingerprint density at radius 3 is 2.67 bits per heavy atom. The number of hydrogen-bond donors (Lipinski definition) is 2. The molecule has 1 aromatic carbocycles. The molecule has 0 fully saturated rings. The van der Waals surface area contributed by atoms with Crippen LogP contribution in [0, 0.1) is 11.6 Å². The third-order valence-electron chi connectivity index (χ3n) is 3.50. The van der Waals surface area contributed by atoms with Crippen LogP contribution in [0.3, 0.4) is 0 Å². The summed E-state index contributed by atoms with van der Waals surface area (Å²) in [4.78, 5) is 20.9. The summed E-state index contributed by atoms with van der Waals surface area (Å²) in [6, 6.07) is 7.18. The number of H-pyrrole nitrogens is 1. The van der Waals surface area contributed by atoms with Gasteiger partial charge in [-0.1, -0.05) is 23.4 Å². The van der Waals surface area contributed by atoms with Crippen molar-refractivity contribution in [2.75, 3.05) is 0 Å². The number of benzene rings is 1. The van der Waals surface area contributed by atoms with Crippen LogP contribution in [-0.4, -0.2) is 20.8 Å². The number of aromatic nitrogens is 3. The van der Waals surface area contributed by atoms with Crippen LogP contribution in [0.2, 0.25) is 0 Å². The standard InChI is InChI=1S/C17H12F3N5O2/c18-10-4-2-1-3-9(10)7-22-15(12-5-6-27-25-12)13(20)14(21)16-23-8-11(19)17(26)24-16/h1-6,8H,7,21H2,(H,23,24,26)/b14-13+,22-15?. The number of nitrogens with two attached hydrogens (primary N) is 1. The van der Waals surface area contributed by atoms with Gasteiger partial charge in [0.1, 0.15) is 29.2 Å². The minimum Gasteiger partial charge on any atom is -0.393 e. The lowest BCUT2D eigenvalue weighted by Gasteiger charge is -2.06. The van der Waals surface area contributed by atoms with Crippen LogP contribution in [0.5, 0.6) is 0 Å². The number of halogens is 3. The summed E-state index contributed by atoms with van der Waals surface area (Å²) in [6.45, 7) is -0.205. The van der Waals surface area contributed by atoms with Gasteiger partial charge in [-0.15, -0.1) is 0 Å². The summed E-state index contributed by atoms with van der Waals surface area (Å²) in [5.41, 5.74) is 3.88. The number of allylic oxidation sites excluding steroid dienone is 1. The molecule has 3 N–H and O–H groups in total. The molecule has 0 radical (unpaired) electrons. The first-order valence-electron chi connectivity index (χ1n) is 7.56. The Bertz CT molecular complexity index is 1070. The maximum atomic E-state index is 14.9. The second-order valence-corrected chi connectivity index (χ2v) is 5.28. The molecule has 0 spiro atoms. The van der Waals surface area contributed by atoms with E-state index in [2.05, 4.69) is 19.7 Å². The SMILES string of the molecule is N/C(=C(/F)C(=NCc1ccccc1F)c1ccon1)c1ncc(F)c(=O)[nH]1. The third kappa shape index (κ3) is 3.94. The van der Waals surface area contributed by atoms with E-state index in [1.54, 1.807) is 6.07 Å². The highest BCUT2D eigenvalue weighted by Crippen LogP contribution is 2.18. The number of aromatic amines is 1. The molecular formula is C17H12F3N5O2. The van der Waals surface area contributed by atoms with Gasteiger partial charge in [0.05, 0.1) is 12.7 Å². The molecule has 27 heavy (non-hydrogen) atoms. The molecule has 0 aliphatic carbocycles. The van der Waals surface area contributed by atoms with Crippen molar-refractivity contribution in [2.45, 2.75) is 6.54 Å². The predicted molar refractivity (Wildman–Crippen MR) is 90.2 cm³/mol. The molecule has 0 unspecified atom stereocenters. The van der Waals surface area contributed by atoms with Crippen molar-refractivity contribution in [2.24, 2.45) is 10.7 Å². The van der Waals surface area contributed by atoms with E-state index >= 15 is 0 Å². The van der Waals surface area contributed by atoms with Crippen LogP contribution in [0.1, 0.15) is 17.1 Å². The fourth-order valence-electron chi connectivity index (χ4n) is 2.14. The third-order valence-corrected chi connectivity index (χ3v) is 3.50. The van der Waals surface area contributed by atoms with Gasteiger partial charge in [0.2, 0.25) is 5.82 Å². The van der Waals surface area contributed by atoms with Gasteiger partial charge in [-0.25, -0.2) is 13.8 Å². The quantitative estimate of drug-likeness (QED) is 0.665. The van der Waals surface area contributed by atoms with E-state index in [0.717, 1.165) is 0 Å². The van der Waals surface area contributed by atoms with Gasteiger partial charge in [0.15, 0.2) is 11.7 Å². The summed E-state index contributed by atoms with van der Waals surface area (Å²) in [5.74, 6) is -3.13. The molecule has 0 amide bonds. The summed E-state index contributed by atoms with van der Waals surface area (Å²) in [6.07, 6.45) is 1.80. The van der Waals surface area contributed by atoms with Gasteiger partial charge in [0, 0.05) is 11.6 Å². The van der Waals surface area contributed by atoms with Gasteiger partial charge < -0.3 is 15.2 Å². The number of hydrogen-bond acceptors (Lipinski definition) is 6. The zero-order valence-corrected chi connectivity index (χ0v) is 13.6. The Kier molecular flexibility index (Phi) is 5.15. The molecular weight excluding hydrogens is 363 g/mol. The molecule has 10 heteroatoms. The largest absolute Gasteiger partial charge is 0.393 e. The molecule has 7 nitrogen and oxygen atoms in total. The second-order valence-electron chi connectivity index (χ2n) is 5.28. The molecule has 3 aromatic rings. The van der Waals surface area contributed by atoms with Gasteiger partial charge in [-0.2, -0.15) is 4.39 Å². The molecule has 0 bridgehead atoms.